The van der Waals surface area contributed by atoms with Crippen LogP contribution in [0.1, 0.15) is 6.42 Å². The maximum absolute atomic E-state index is 11.9. The fraction of sp³-hybridized carbons (Fsp3) is 0.800. The molecule has 6 heteroatoms. The molecule has 0 aliphatic carbocycles. The third-order valence-electron chi connectivity index (χ3n) is 2.60. The highest BCUT2D eigenvalue weighted by Crippen LogP contribution is 2.22. The van der Waals surface area contributed by atoms with Gasteiger partial charge in [0.2, 0.25) is 10.0 Å². The van der Waals surface area contributed by atoms with Crippen LogP contribution in [0.15, 0.2) is 12.7 Å². The number of hydrogen-bond donors (Lipinski definition) is 1. The van der Waals surface area contributed by atoms with Crippen LogP contribution in [0, 0.1) is 0 Å². The molecule has 0 aromatic heterocycles. The van der Waals surface area contributed by atoms with Crippen molar-refractivity contribution >= 4 is 10.0 Å². The van der Waals surface area contributed by atoms with Crippen LogP contribution >= 0.6 is 0 Å². The van der Waals surface area contributed by atoms with Gasteiger partial charge in [-0.15, -0.1) is 6.58 Å². The van der Waals surface area contributed by atoms with Gasteiger partial charge in [-0.25, -0.2) is 8.42 Å². The molecule has 1 rings (SSSR count). The highest BCUT2D eigenvalue weighted by atomic mass is 32.2. The van der Waals surface area contributed by atoms with E-state index in [9.17, 15) is 13.5 Å². The quantitative estimate of drug-likeness (QED) is 0.666. The summed E-state index contributed by atoms with van der Waals surface area (Å²) in [5, 5.41) is 9.56. The molecule has 0 aromatic carbocycles. The van der Waals surface area contributed by atoms with E-state index < -0.39 is 16.1 Å². The van der Waals surface area contributed by atoms with Crippen molar-refractivity contribution in [2.24, 2.45) is 0 Å². The molecule has 1 saturated heterocycles. The number of aliphatic hydroxyl groups is 1. The third-order valence-corrected chi connectivity index (χ3v) is 4.42. The second-order valence-corrected chi connectivity index (χ2v) is 6.41. The van der Waals surface area contributed by atoms with Gasteiger partial charge in [0.05, 0.1) is 11.9 Å². The molecule has 5 nitrogen and oxygen atoms in total. The molecule has 0 spiro atoms. The van der Waals surface area contributed by atoms with Crippen molar-refractivity contribution in [1.82, 2.24) is 9.21 Å². The number of aliphatic hydroxyl groups excluding tert-OH is 1. The molecule has 2 atom stereocenters. The van der Waals surface area contributed by atoms with Crippen LogP contribution in [-0.4, -0.2) is 67.8 Å². The van der Waals surface area contributed by atoms with E-state index in [1.54, 1.807) is 0 Å². The smallest absolute Gasteiger partial charge is 0.218 e. The summed E-state index contributed by atoms with van der Waals surface area (Å²) < 4.78 is 25.2. The molecule has 1 fully saturated rings. The number of likely N-dealkylation sites (N-methyl/N-ethyl adjacent to an activating group) is 1. The van der Waals surface area contributed by atoms with E-state index in [-0.39, 0.29) is 18.3 Å². The lowest BCUT2D eigenvalue weighted by Gasteiger charge is -2.25. The van der Waals surface area contributed by atoms with Crippen LogP contribution in [0.3, 0.4) is 0 Å². The second kappa shape index (κ2) is 5.27. The Bertz CT molecular complexity index is 340. The fourth-order valence-corrected chi connectivity index (χ4v) is 3.53. The Morgan fingerprint density at radius 2 is 2.19 bits per heavy atom. The molecule has 16 heavy (non-hydrogen) atoms. The fourth-order valence-electron chi connectivity index (χ4n) is 2.04. The van der Waals surface area contributed by atoms with E-state index in [0.717, 1.165) is 0 Å². The highest BCUT2D eigenvalue weighted by Gasteiger charge is 2.38. The molecule has 94 valence electrons. The van der Waals surface area contributed by atoms with Gasteiger partial charge >= 0.3 is 0 Å². The number of hydrogen-bond acceptors (Lipinski definition) is 4. The normalized spacial score (nSPS) is 27.5. The first kappa shape index (κ1) is 13.6. The van der Waals surface area contributed by atoms with Crippen LogP contribution in [0.5, 0.6) is 0 Å². The first-order valence-electron chi connectivity index (χ1n) is 5.30. The molecule has 1 aliphatic heterocycles. The van der Waals surface area contributed by atoms with Crippen molar-refractivity contribution in [3.05, 3.63) is 12.7 Å². The largest absolute Gasteiger partial charge is 0.392 e. The van der Waals surface area contributed by atoms with Crippen molar-refractivity contribution in [1.29, 1.82) is 0 Å². The molecule has 2 unspecified atom stereocenters. The summed E-state index contributed by atoms with van der Waals surface area (Å²) in [6, 6.07) is -0.130. The van der Waals surface area contributed by atoms with Gasteiger partial charge in [-0.05, 0) is 20.5 Å². The monoisotopic (exact) mass is 248 g/mol. The Morgan fingerprint density at radius 1 is 1.56 bits per heavy atom. The average molecular weight is 248 g/mol. The molecule has 1 aliphatic rings. The van der Waals surface area contributed by atoms with E-state index in [0.29, 0.717) is 13.0 Å². The topological polar surface area (TPSA) is 60.9 Å². The lowest BCUT2D eigenvalue weighted by atomic mass is 10.2. The van der Waals surface area contributed by atoms with E-state index in [2.05, 4.69) is 6.58 Å². The van der Waals surface area contributed by atoms with Crippen molar-refractivity contribution in [2.75, 3.05) is 32.9 Å². The van der Waals surface area contributed by atoms with Gasteiger partial charge in [-0.1, -0.05) is 6.08 Å². The molecular formula is C10H20N2O3S. The van der Waals surface area contributed by atoms with Gasteiger partial charge in [0.15, 0.2) is 0 Å². The minimum Gasteiger partial charge on any atom is -0.392 e. The number of sulfonamides is 1. The van der Waals surface area contributed by atoms with Crippen molar-refractivity contribution in [3.63, 3.8) is 0 Å². The van der Waals surface area contributed by atoms with Crippen LogP contribution in [-0.2, 0) is 10.0 Å². The summed E-state index contributed by atoms with van der Waals surface area (Å²) in [7, 11) is 0.475. The van der Waals surface area contributed by atoms with E-state index in [4.69, 9.17) is 0 Å². The summed E-state index contributed by atoms with van der Waals surface area (Å²) in [5.41, 5.74) is 0. The lowest BCUT2D eigenvalue weighted by molar-refractivity contribution is 0.188. The summed E-state index contributed by atoms with van der Waals surface area (Å²) in [4.78, 5) is 1.93. The lowest BCUT2D eigenvalue weighted by Crippen LogP contribution is -2.42. The number of nitrogens with zero attached hydrogens (tertiary/aromatic N) is 2. The SMILES string of the molecule is C=CCS(=O)(=O)N1CC(O)CC1CN(C)C. The summed E-state index contributed by atoms with van der Waals surface area (Å²) >= 11 is 0. The Balaban J connectivity index is 2.80. The Hall–Kier alpha value is -0.430. The number of β-amino-alcohol motifs (C(OH)–C–C–N with tert-alkyl or cyclic N) is 1. The van der Waals surface area contributed by atoms with Gasteiger partial charge in [0.25, 0.3) is 0 Å². The molecule has 0 radical (unpaired) electrons. The van der Waals surface area contributed by atoms with Crippen molar-refractivity contribution < 1.29 is 13.5 Å². The zero-order chi connectivity index (χ0) is 12.3. The standard InChI is InChI=1S/C10H20N2O3S/c1-4-5-16(14,15)12-8-10(13)6-9(12)7-11(2)3/h4,9-10,13H,1,5-8H2,2-3H3. The van der Waals surface area contributed by atoms with Crippen molar-refractivity contribution in [2.45, 2.75) is 18.6 Å². The second-order valence-electron chi connectivity index (χ2n) is 4.44. The summed E-state index contributed by atoms with van der Waals surface area (Å²) in [6.45, 7) is 4.28. The van der Waals surface area contributed by atoms with Gasteiger partial charge in [-0.3, -0.25) is 0 Å². The van der Waals surface area contributed by atoms with Crippen LogP contribution in [0.2, 0.25) is 0 Å². The zero-order valence-electron chi connectivity index (χ0n) is 9.83. The first-order chi connectivity index (χ1) is 7.36. The van der Waals surface area contributed by atoms with Crippen LogP contribution < -0.4 is 0 Å². The maximum Gasteiger partial charge on any atom is 0.218 e. The Morgan fingerprint density at radius 3 is 2.69 bits per heavy atom. The Kier molecular flexibility index (Phi) is 4.49. The van der Waals surface area contributed by atoms with Gasteiger partial charge in [0.1, 0.15) is 0 Å². The predicted octanol–water partition coefficient (Wildman–Crippen LogP) is -0.501. The maximum atomic E-state index is 11.9. The third kappa shape index (κ3) is 3.28. The predicted molar refractivity (Wildman–Crippen MR) is 63.7 cm³/mol. The number of rotatable bonds is 5. The summed E-state index contributed by atoms with van der Waals surface area (Å²) in [5.74, 6) is -0.0658. The minimum atomic E-state index is -3.31. The molecule has 1 heterocycles. The van der Waals surface area contributed by atoms with Gasteiger partial charge in [0, 0.05) is 19.1 Å². The molecular weight excluding hydrogens is 228 g/mol. The van der Waals surface area contributed by atoms with E-state index in [1.807, 2.05) is 19.0 Å². The minimum absolute atomic E-state index is 0.0658. The van der Waals surface area contributed by atoms with Crippen LogP contribution in [0.4, 0.5) is 0 Å². The van der Waals surface area contributed by atoms with Gasteiger partial charge < -0.3 is 10.0 Å². The molecule has 0 saturated carbocycles. The molecule has 0 bridgehead atoms. The van der Waals surface area contributed by atoms with Gasteiger partial charge in [-0.2, -0.15) is 4.31 Å². The van der Waals surface area contributed by atoms with E-state index >= 15 is 0 Å². The van der Waals surface area contributed by atoms with Crippen LogP contribution in [0.25, 0.3) is 0 Å². The van der Waals surface area contributed by atoms with E-state index in [1.165, 1.54) is 10.4 Å². The Labute approximate surface area is 97.4 Å². The first-order valence-corrected chi connectivity index (χ1v) is 6.91. The molecule has 1 N–H and O–H groups in total. The summed E-state index contributed by atoms with van der Waals surface area (Å²) in [6.07, 6.45) is 1.34. The average Bonchev–Trinajstić information content (AvgIpc) is 2.46. The molecule has 0 aromatic rings. The zero-order valence-corrected chi connectivity index (χ0v) is 10.7. The van der Waals surface area contributed by atoms with Crippen molar-refractivity contribution in [3.8, 4) is 0 Å². The molecule has 0 amide bonds. The highest BCUT2D eigenvalue weighted by molar-refractivity contribution is 7.89.